The van der Waals surface area contributed by atoms with Crippen LogP contribution in [0.3, 0.4) is 0 Å². The van der Waals surface area contributed by atoms with Crippen molar-refractivity contribution in [3.05, 3.63) is 36.3 Å². The molecule has 0 atom stereocenters. The predicted molar refractivity (Wildman–Crippen MR) is 64.8 cm³/mol. The third kappa shape index (κ3) is 0.834. The number of aromatic nitrogens is 3. The van der Waals surface area contributed by atoms with Gasteiger partial charge in [0.25, 0.3) is 0 Å². The summed E-state index contributed by atoms with van der Waals surface area (Å²) in [4.78, 5) is 12.2. The number of rotatable bonds is 0. The second-order valence-corrected chi connectivity index (χ2v) is 4.14. The van der Waals surface area contributed by atoms with Crippen molar-refractivity contribution >= 4 is 32.7 Å². The Labute approximate surface area is 91.5 Å². The Kier molecular flexibility index (Phi) is 1.26. The molecule has 0 unspecified atom stereocenters. The van der Waals surface area contributed by atoms with Gasteiger partial charge in [0.05, 0.1) is 11.0 Å². The maximum Gasteiger partial charge on any atom is 0.103 e. The van der Waals surface area contributed by atoms with Crippen LogP contribution < -0.4 is 0 Å². The summed E-state index contributed by atoms with van der Waals surface area (Å²) in [6.45, 7) is 1.98. The van der Waals surface area contributed by atoms with Crippen LogP contribution in [-0.4, -0.2) is 15.0 Å². The number of nitrogens with zero attached hydrogens (tertiary/aromatic N) is 2. The SMILES string of the molecule is Cc1nc2ccc3cnc4ccc([nH]1)c2c34. The minimum atomic E-state index is 0.939. The van der Waals surface area contributed by atoms with Gasteiger partial charge in [-0.2, -0.15) is 0 Å². The molecule has 0 spiro atoms. The van der Waals surface area contributed by atoms with Crippen LogP contribution in [0.15, 0.2) is 30.5 Å². The monoisotopic (exact) mass is 207 g/mol. The van der Waals surface area contributed by atoms with Crippen molar-refractivity contribution in [3.63, 3.8) is 0 Å². The third-order valence-corrected chi connectivity index (χ3v) is 3.10. The van der Waals surface area contributed by atoms with Gasteiger partial charge >= 0.3 is 0 Å². The minimum absolute atomic E-state index is 0.939. The Morgan fingerprint density at radius 2 is 1.88 bits per heavy atom. The van der Waals surface area contributed by atoms with E-state index in [1.165, 1.54) is 16.2 Å². The van der Waals surface area contributed by atoms with Crippen molar-refractivity contribution in [2.75, 3.05) is 0 Å². The number of H-pyrrole nitrogens is 1. The van der Waals surface area contributed by atoms with Gasteiger partial charge in [-0.15, -0.1) is 0 Å². The number of benzene rings is 2. The van der Waals surface area contributed by atoms with Crippen molar-refractivity contribution in [2.45, 2.75) is 6.92 Å². The normalized spacial score (nSPS) is 12.1. The highest BCUT2D eigenvalue weighted by molar-refractivity contribution is 6.20. The summed E-state index contributed by atoms with van der Waals surface area (Å²) < 4.78 is 0. The van der Waals surface area contributed by atoms with Gasteiger partial charge in [0.2, 0.25) is 0 Å². The van der Waals surface area contributed by atoms with E-state index in [9.17, 15) is 0 Å². The maximum absolute atomic E-state index is 4.52. The highest BCUT2D eigenvalue weighted by Crippen LogP contribution is 2.32. The molecule has 3 nitrogen and oxygen atoms in total. The Morgan fingerprint density at radius 3 is 2.81 bits per heavy atom. The zero-order valence-corrected chi connectivity index (χ0v) is 8.78. The number of nitrogens with one attached hydrogen (secondary N) is 1. The fourth-order valence-corrected chi connectivity index (χ4v) is 2.44. The van der Waals surface area contributed by atoms with Crippen molar-refractivity contribution in [1.82, 2.24) is 15.0 Å². The minimum Gasteiger partial charge on any atom is -0.343 e. The lowest BCUT2D eigenvalue weighted by molar-refractivity contribution is 1.12. The highest BCUT2D eigenvalue weighted by atomic mass is 14.9. The molecule has 76 valence electrons. The van der Waals surface area contributed by atoms with Crippen molar-refractivity contribution in [1.29, 1.82) is 0 Å². The van der Waals surface area contributed by atoms with E-state index in [0.29, 0.717) is 0 Å². The summed E-state index contributed by atoms with van der Waals surface area (Å²) in [5.41, 5.74) is 3.22. The van der Waals surface area contributed by atoms with Crippen LogP contribution in [0.2, 0.25) is 0 Å². The summed E-state index contributed by atoms with van der Waals surface area (Å²) in [6, 6.07) is 8.28. The molecular formula is C13H9N3. The summed E-state index contributed by atoms with van der Waals surface area (Å²) in [5.74, 6) is 0.939. The van der Waals surface area contributed by atoms with Crippen LogP contribution in [0.4, 0.5) is 0 Å². The Hall–Kier alpha value is -2.16. The molecule has 1 N–H and O–H groups in total. The second-order valence-electron chi connectivity index (χ2n) is 4.14. The van der Waals surface area contributed by atoms with Crippen molar-refractivity contribution < 1.29 is 0 Å². The van der Waals surface area contributed by atoms with Crippen LogP contribution in [0.1, 0.15) is 5.82 Å². The lowest BCUT2D eigenvalue weighted by Gasteiger charge is -2.06. The zero-order chi connectivity index (χ0) is 10.7. The first kappa shape index (κ1) is 8.05. The van der Waals surface area contributed by atoms with Gasteiger partial charge in [0.1, 0.15) is 5.82 Å². The third-order valence-electron chi connectivity index (χ3n) is 3.10. The molecular weight excluding hydrogens is 198 g/mol. The molecule has 0 bridgehead atoms. The highest BCUT2D eigenvalue weighted by Gasteiger charge is 2.10. The molecule has 2 aromatic heterocycles. The molecule has 0 aliphatic carbocycles. The number of hydrogen-bond acceptors (Lipinski definition) is 2. The average molecular weight is 207 g/mol. The second kappa shape index (κ2) is 2.50. The Balaban J connectivity index is 2.47. The van der Waals surface area contributed by atoms with Gasteiger partial charge in [-0.25, -0.2) is 4.98 Å². The van der Waals surface area contributed by atoms with E-state index in [0.717, 1.165) is 22.4 Å². The van der Waals surface area contributed by atoms with Gasteiger partial charge in [-0.05, 0) is 25.1 Å². The summed E-state index contributed by atoms with van der Waals surface area (Å²) >= 11 is 0. The fourth-order valence-electron chi connectivity index (χ4n) is 2.44. The standard InChI is InChI=1S/C13H9N3/c1-7-15-10-3-2-8-6-14-9-4-5-11(16-7)13(10)12(8)9/h2-6H,1H3,(H,15,16). The van der Waals surface area contributed by atoms with E-state index in [4.69, 9.17) is 0 Å². The largest absolute Gasteiger partial charge is 0.343 e. The summed E-state index contributed by atoms with van der Waals surface area (Å²) in [5, 5.41) is 3.60. The molecule has 2 heterocycles. The molecule has 0 saturated heterocycles. The van der Waals surface area contributed by atoms with E-state index in [2.05, 4.69) is 39.2 Å². The van der Waals surface area contributed by atoms with Gasteiger partial charge in [-0.1, -0.05) is 6.07 Å². The first-order chi connectivity index (χ1) is 7.83. The molecule has 3 heteroatoms. The van der Waals surface area contributed by atoms with Gasteiger partial charge < -0.3 is 4.98 Å². The van der Waals surface area contributed by atoms with Crippen LogP contribution in [0, 0.1) is 6.92 Å². The van der Waals surface area contributed by atoms with Gasteiger partial charge in [-0.3, -0.25) is 4.98 Å². The van der Waals surface area contributed by atoms with E-state index in [1.807, 2.05) is 13.1 Å². The molecule has 0 radical (unpaired) electrons. The molecule has 0 amide bonds. The number of aromatic amines is 1. The van der Waals surface area contributed by atoms with E-state index < -0.39 is 0 Å². The lowest BCUT2D eigenvalue weighted by Crippen LogP contribution is -1.91. The topological polar surface area (TPSA) is 41.6 Å². The number of hydrogen-bond donors (Lipinski definition) is 1. The average Bonchev–Trinajstić information content (AvgIpc) is 2.70. The first-order valence-corrected chi connectivity index (χ1v) is 5.29. The molecule has 0 saturated carbocycles. The lowest BCUT2D eigenvalue weighted by atomic mass is 10.1. The van der Waals surface area contributed by atoms with Gasteiger partial charge in [0.15, 0.2) is 0 Å². The summed E-state index contributed by atoms with van der Waals surface area (Å²) in [7, 11) is 0. The molecule has 4 aromatic rings. The Morgan fingerprint density at radius 1 is 1.00 bits per heavy atom. The smallest absolute Gasteiger partial charge is 0.103 e. The van der Waals surface area contributed by atoms with Crippen LogP contribution in [-0.2, 0) is 0 Å². The maximum atomic E-state index is 4.52. The van der Waals surface area contributed by atoms with Crippen molar-refractivity contribution in [2.24, 2.45) is 0 Å². The van der Waals surface area contributed by atoms with Crippen LogP contribution in [0.5, 0.6) is 0 Å². The van der Waals surface area contributed by atoms with Crippen molar-refractivity contribution in [3.8, 4) is 0 Å². The predicted octanol–water partition coefficient (Wildman–Crippen LogP) is 3.01. The summed E-state index contributed by atoms with van der Waals surface area (Å²) in [6.07, 6.45) is 1.92. The fraction of sp³-hybridized carbons (Fsp3) is 0.0769. The quantitative estimate of drug-likeness (QED) is 0.481. The van der Waals surface area contributed by atoms with Crippen LogP contribution >= 0.6 is 0 Å². The number of aryl methyl sites for hydroxylation is 1. The molecule has 0 fully saturated rings. The van der Waals surface area contributed by atoms with E-state index >= 15 is 0 Å². The van der Waals surface area contributed by atoms with E-state index in [-0.39, 0.29) is 0 Å². The molecule has 4 rings (SSSR count). The molecule has 16 heavy (non-hydrogen) atoms. The molecule has 2 aromatic carbocycles. The molecule has 0 aliphatic rings. The zero-order valence-electron chi connectivity index (χ0n) is 8.78. The first-order valence-electron chi connectivity index (χ1n) is 5.29. The molecule has 0 aliphatic heterocycles. The van der Waals surface area contributed by atoms with E-state index in [1.54, 1.807) is 0 Å². The van der Waals surface area contributed by atoms with Gasteiger partial charge in [0, 0.05) is 27.9 Å². The Bertz CT molecular complexity index is 751. The van der Waals surface area contributed by atoms with Crippen LogP contribution in [0.25, 0.3) is 32.7 Å².